The molecule has 3 rings (SSSR count). The van der Waals surface area contributed by atoms with Crippen molar-refractivity contribution in [2.75, 3.05) is 13.7 Å². The van der Waals surface area contributed by atoms with Gasteiger partial charge in [0, 0.05) is 11.4 Å². The minimum absolute atomic E-state index is 0.0179. The first-order valence-electron chi connectivity index (χ1n) is 8.42. The maximum atomic E-state index is 12.5. The zero-order valence-electron chi connectivity index (χ0n) is 14.5. The van der Waals surface area contributed by atoms with Gasteiger partial charge >= 0.3 is 5.97 Å². The predicted octanol–water partition coefficient (Wildman–Crippen LogP) is 3.24. The Morgan fingerprint density at radius 2 is 2.08 bits per heavy atom. The number of rotatable bonds is 6. The molecule has 1 N–H and O–H groups in total. The second kappa shape index (κ2) is 8.23. The van der Waals surface area contributed by atoms with Crippen LogP contribution in [0.15, 0.2) is 42.5 Å². The van der Waals surface area contributed by atoms with E-state index in [-0.39, 0.29) is 18.7 Å². The fourth-order valence-electron chi connectivity index (χ4n) is 3.03. The number of ether oxygens (including phenoxy) is 2. The number of amides is 1. The third-order valence-corrected chi connectivity index (χ3v) is 4.68. The van der Waals surface area contributed by atoms with Crippen molar-refractivity contribution in [3.8, 4) is 5.75 Å². The molecule has 0 spiro atoms. The van der Waals surface area contributed by atoms with Crippen molar-refractivity contribution in [2.24, 2.45) is 0 Å². The third-order valence-electron chi connectivity index (χ3n) is 4.33. The molecular weight excluding hydrogens is 354 g/mol. The van der Waals surface area contributed by atoms with Gasteiger partial charge in [-0.3, -0.25) is 9.59 Å². The van der Waals surface area contributed by atoms with Gasteiger partial charge in [0.05, 0.1) is 32.6 Å². The monoisotopic (exact) mass is 373 g/mol. The molecule has 2 aromatic rings. The van der Waals surface area contributed by atoms with E-state index in [0.29, 0.717) is 17.2 Å². The molecule has 0 saturated heterocycles. The number of methoxy groups -OCH3 is 1. The Bertz CT molecular complexity index is 821. The van der Waals surface area contributed by atoms with Crippen LogP contribution in [0.3, 0.4) is 0 Å². The summed E-state index contributed by atoms with van der Waals surface area (Å²) in [6.07, 6.45) is 1.09. The quantitative estimate of drug-likeness (QED) is 0.789. The Hall–Kier alpha value is -2.53. The summed E-state index contributed by atoms with van der Waals surface area (Å²) in [5.74, 6) is 0.288. The predicted molar refractivity (Wildman–Crippen MR) is 98.3 cm³/mol. The Morgan fingerprint density at radius 1 is 1.27 bits per heavy atom. The highest BCUT2D eigenvalue weighted by Gasteiger charge is 2.21. The number of fused-ring (bicyclic) bond motifs is 1. The van der Waals surface area contributed by atoms with Gasteiger partial charge in [-0.25, -0.2) is 0 Å². The standard InChI is InChI=1S/C20H20ClNO4/c1-25-20(24)12-17(15-4-2-3-5-16(15)21)22-19(23)11-13-6-7-18-14(10-13)8-9-26-18/h2-7,10,17H,8-9,11-12H2,1H3,(H,22,23). The molecule has 6 heteroatoms. The van der Waals surface area contributed by atoms with Crippen LogP contribution in [0.4, 0.5) is 0 Å². The number of hydrogen-bond donors (Lipinski definition) is 1. The van der Waals surface area contributed by atoms with E-state index in [1.54, 1.807) is 18.2 Å². The third kappa shape index (κ3) is 4.35. The van der Waals surface area contributed by atoms with Crippen molar-refractivity contribution < 1.29 is 19.1 Å². The van der Waals surface area contributed by atoms with Crippen LogP contribution in [0.25, 0.3) is 0 Å². The Balaban J connectivity index is 1.72. The van der Waals surface area contributed by atoms with Crippen molar-refractivity contribution >= 4 is 23.5 Å². The van der Waals surface area contributed by atoms with Crippen molar-refractivity contribution in [3.63, 3.8) is 0 Å². The molecule has 1 atom stereocenters. The Labute approximate surface area is 157 Å². The van der Waals surface area contributed by atoms with Crippen LogP contribution in [-0.4, -0.2) is 25.6 Å². The van der Waals surface area contributed by atoms with E-state index in [1.165, 1.54) is 7.11 Å². The highest BCUT2D eigenvalue weighted by atomic mass is 35.5. The molecule has 0 aromatic heterocycles. The van der Waals surface area contributed by atoms with E-state index >= 15 is 0 Å². The van der Waals surface area contributed by atoms with Crippen LogP contribution in [0.1, 0.15) is 29.2 Å². The molecule has 0 bridgehead atoms. The lowest BCUT2D eigenvalue weighted by molar-refractivity contribution is -0.141. The molecule has 2 aromatic carbocycles. The average molecular weight is 374 g/mol. The van der Waals surface area contributed by atoms with Crippen LogP contribution in [0, 0.1) is 0 Å². The normalized spacial score (nSPS) is 13.5. The van der Waals surface area contributed by atoms with Gasteiger partial charge in [-0.2, -0.15) is 0 Å². The van der Waals surface area contributed by atoms with E-state index in [4.69, 9.17) is 21.1 Å². The molecule has 0 aliphatic carbocycles. The molecule has 1 amide bonds. The van der Waals surface area contributed by atoms with Gasteiger partial charge in [0.15, 0.2) is 0 Å². The summed E-state index contributed by atoms with van der Waals surface area (Å²) in [6.45, 7) is 0.679. The van der Waals surface area contributed by atoms with Crippen LogP contribution in [0.2, 0.25) is 5.02 Å². The first-order chi connectivity index (χ1) is 12.6. The molecular formula is C20H20ClNO4. The van der Waals surface area contributed by atoms with Crippen molar-refractivity contribution in [1.29, 1.82) is 0 Å². The maximum Gasteiger partial charge on any atom is 0.307 e. The summed E-state index contributed by atoms with van der Waals surface area (Å²) < 4.78 is 10.2. The number of esters is 1. The van der Waals surface area contributed by atoms with Crippen molar-refractivity contribution in [2.45, 2.75) is 25.3 Å². The smallest absolute Gasteiger partial charge is 0.307 e. The molecule has 1 heterocycles. The number of carbonyl (C=O) groups is 2. The van der Waals surface area contributed by atoms with Gasteiger partial charge in [0.25, 0.3) is 0 Å². The summed E-state index contributed by atoms with van der Waals surface area (Å²) in [5.41, 5.74) is 2.71. The summed E-state index contributed by atoms with van der Waals surface area (Å²) in [5, 5.41) is 3.40. The Morgan fingerprint density at radius 3 is 2.85 bits per heavy atom. The second-order valence-corrected chi connectivity index (χ2v) is 6.55. The molecule has 0 saturated carbocycles. The topological polar surface area (TPSA) is 64.6 Å². The van der Waals surface area contributed by atoms with Gasteiger partial charge < -0.3 is 14.8 Å². The lowest BCUT2D eigenvalue weighted by Crippen LogP contribution is -2.31. The molecule has 0 fully saturated rings. The molecule has 1 aliphatic rings. The Kier molecular flexibility index (Phi) is 5.78. The summed E-state index contributed by atoms with van der Waals surface area (Å²) in [7, 11) is 1.32. The van der Waals surface area contributed by atoms with Gasteiger partial charge in [0.1, 0.15) is 5.75 Å². The van der Waals surface area contributed by atoms with Crippen molar-refractivity contribution in [3.05, 3.63) is 64.2 Å². The zero-order chi connectivity index (χ0) is 18.5. The van der Waals surface area contributed by atoms with E-state index in [9.17, 15) is 9.59 Å². The minimum Gasteiger partial charge on any atom is -0.493 e. The molecule has 1 aliphatic heterocycles. The largest absolute Gasteiger partial charge is 0.493 e. The first-order valence-corrected chi connectivity index (χ1v) is 8.80. The zero-order valence-corrected chi connectivity index (χ0v) is 15.2. The van der Waals surface area contributed by atoms with E-state index in [1.807, 2.05) is 24.3 Å². The number of nitrogens with one attached hydrogen (secondary N) is 1. The average Bonchev–Trinajstić information content (AvgIpc) is 3.09. The van der Waals surface area contributed by atoms with Gasteiger partial charge in [-0.15, -0.1) is 0 Å². The van der Waals surface area contributed by atoms with Crippen LogP contribution < -0.4 is 10.1 Å². The van der Waals surface area contributed by atoms with E-state index in [0.717, 1.165) is 23.3 Å². The first kappa shape index (κ1) is 18.3. The maximum absolute atomic E-state index is 12.5. The molecule has 26 heavy (non-hydrogen) atoms. The molecule has 5 nitrogen and oxygen atoms in total. The highest BCUT2D eigenvalue weighted by Crippen LogP contribution is 2.27. The molecule has 1 unspecified atom stereocenters. The van der Waals surface area contributed by atoms with Crippen LogP contribution in [0.5, 0.6) is 5.75 Å². The van der Waals surface area contributed by atoms with E-state index < -0.39 is 12.0 Å². The van der Waals surface area contributed by atoms with Crippen LogP contribution >= 0.6 is 11.6 Å². The van der Waals surface area contributed by atoms with Gasteiger partial charge in [-0.05, 0) is 28.8 Å². The molecule has 136 valence electrons. The fraction of sp³-hybridized carbons (Fsp3) is 0.300. The van der Waals surface area contributed by atoms with Gasteiger partial charge in [0.2, 0.25) is 5.91 Å². The highest BCUT2D eigenvalue weighted by molar-refractivity contribution is 6.31. The lowest BCUT2D eigenvalue weighted by Gasteiger charge is -2.19. The lowest BCUT2D eigenvalue weighted by atomic mass is 10.0. The fourth-order valence-corrected chi connectivity index (χ4v) is 3.29. The summed E-state index contributed by atoms with van der Waals surface area (Å²) in [4.78, 5) is 24.3. The summed E-state index contributed by atoms with van der Waals surface area (Å²) >= 11 is 6.24. The van der Waals surface area contributed by atoms with Crippen molar-refractivity contribution in [1.82, 2.24) is 5.32 Å². The number of halogens is 1. The SMILES string of the molecule is COC(=O)CC(NC(=O)Cc1ccc2c(c1)CCO2)c1ccccc1Cl. The number of carbonyl (C=O) groups excluding carboxylic acids is 2. The van der Waals surface area contributed by atoms with Gasteiger partial charge in [-0.1, -0.05) is 41.9 Å². The molecule has 0 radical (unpaired) electrons. The summed E-state index contributed by atoms with van der Waals surface area (Å²) in [6, 6.07) is 12.4. The number of benzene rings is 2. The second-order valence-electron chi connectivity index (χ2n) is 6.14. The van der Waals surface area contributed by atoms with E-state index in [2.05, 4.69) is 5.32 Å². The van der Waals surface area contributed by atoms with Crippen LogP contribution in [-0.2, 0) is 27.2 Å². The number of hydrogen-bond acceptors (Lipinski definition) is 4. The minimum atomic E-state index is -0.540.